The van der Waals surface area contributed by atoms with Crippen molar-refractivity contribution in [2.24, 2.45) is 0 Å². The molecule has 1 saturated heterocycles. The molecule has 1 unspecified atom stereocenters. The first-order valence-corrected chi connectivity index (χ1v) is 9.32. The molecule has 29 heavy (non-hydrogen) atoms. The molecule has 9 heteroatoms. The van der Waals surface area contributed by atoms with Crippen LogP contribution in [0.4, 0.5) is 13.2 Å². The smallest absolute Gasteiger partial charge is 0.399 e. The second-order valence-corrected chi connectivity index (χ2v) is 8.28. The molecule has 0 spiro atoms. The molecule has 5 nitrogen and oxygen atoms in total. The average Bonchev–Trinajstić information content (AvgIpc) is 2.80. The Labute approximate surface area is 169 Å². The van der Waals surface area contributed by atoms with Crippen molar-refractivity contribution in [2.75, 3.05) is 0 Å². The predicted molar refractivity (Wildman–Crippen MR) is 104 cm³/mol. The highest BCUT2D eigenvalue weighted by molar-refractivity contribution is 6.62. The number of allylic oxidation sites excluding steroid dienone is 1. The molecule has 0 aromatic heterocycles. The van der Waals surface area contributed by atoms with E-state index in [0.29, 0.717) is 11.0 Å². The zero-order valence-corrected chi connectivity index (χ0v) is 17.5. The Balaban J connectivity index is 2.54. The lowest BCUT2D eigenvalue weighted by Crippen LogP contribution is -2.54. The lowest BCUT2D eigenvalue weighted by molar-refractivity contribution is -0.256. The van der Waals surface area contributed by atoms with Crippen LogP contribution in [0.25, 0.3) is 0 Å². The Hall–Kier alpha value is -1.84. The molecule has 0 saturated carbocycles. The van der Waals surface area contributed by atoms with Crippen LogP contribution in [0, 0.1) is 6.92 Å². The van der Waals surface area contributed by atoms with E-state index in [1.807, 2.05) is 33.0 Å². The summed E-state index contributed by atoms with van der Waals surface area (Å²) >= 11 is 0. The number of hydrogen-bond acceptors (Lipinski definition) is 4. The van der Waals surface area contributed by atoms with Gasteiger partial charge >= 0.3 is 13.3 Å². The first-order chi connectivity index (χ1) is 13.1. The van der Waals surface area contributed by atoms with Crippen LogP contribution < -0.4 is 10.8 Å². The van der Waals surface area contributed by atoms with Crippen molar-refractivity contribution in [3.8, 4) is 0 Å². The van der Waals surface area contributed by atoms with Gasteiger partial charge in [0.1, 0.15) is 0 Å². The van der Waals surface area contributed by atoms with Crippen molar-refractivity contribution in [2.45, 2.75) is 70.9 Å². The largest absolute Gasteiger partial charge is 0.495 e. The normalized spacial score (nSPS) is 20.3. The zero-order valence-electron chi connectivity index (χ0n) is 17.5. The van der Waals surface area contributed by atoms with E-state index in [2.05, 4.69) is 6.58 Å². The summed E-state index contributed by atoms with van der Waals surface area (Å²) in [5.41, 5.74) is -4.79. The Bertz CT molecular complexity index is 806. The first kappa shape index (κ1) is 23.4. The molecule has 1 fully saturated rings. The minimum absolute atomic E-state index is 0.0657. The maximum absolute atomic E-state index is 13.8. The number of rotatable bonds is 5. The van der Waals surface area contributed by atoms with Gasteiger partial charge in [0.2, 0.25) is 0 Å². The van der Waals surface area contributed by atoms with Crippen LogP contribution in [0.5, 0.6) is 0 Å². The summed E-state index contributed by atoms with van der Waals surface area (Å²) in [6.07, 6.45) is -5.03. The number of aryl methyl sites for hydroxylation is 1. The van der Waals surface area contributed by atoms with Gasteiger partial charge < -0.3 is 19.7 Å². The van der Waals surface area contributed by atoms with Crippen LogP contribution in [0.3, 0.4) is 0 Å². The summed E-state index contributed by atoms with van der Waals surface area (Å²) in [5.74, 6) is -1.61. The molecular weight excluding hydrogens is 386 g/mol. The number of aliphatic hydroxyl groups is 1. The molecule has 160 valence electrons. The monoisotopic (exact) mass is 413 g/mol. The molecule has 1 atom stereocenters. The Kier molecular flexibility index (Phi) is 6.02. The van der Waals surface area contributed by atoms with E-state index in [0.717, 1.165) is 12.1 Å². The molecule has 1 aromatic carbocycles. The Morgan fingerprint density at radius 2 is 1.72 bits per heavy atom. The van der Waals surface area contributed by atoms with Crippen LogP contribution in [0.1, 0.15) is 52.2 Å². The fourth-order valence-corrected chi connectivity index (χ4v) is 2.85. The zero-order chi connectivity index (χ0) is 22.4. The van der Waals surface area contributed by atoms with Crippen LogP contribution >= 0.6 is 0 Å². The standard InChI is InChI=1S/C20H27BF3NO4/c1-8-13(3)25-16(26)19(27,20(22,23)24)14-10-9-12(2)15(11-14)21-28-17(4,5)18(6,7)29-21/h9-11,27H,3,8H2,1-2,4-7H3,(H,25,26). The van der Waals surface area contributed by atoms with Gasteiger partial charge in [0.25, 0.3) is 11.5 Å². The van der Waals surface area contributed by atoms with Gasteiger partial charge in [0.05, 0.1) is 11.2 Å². The van der Waals surface area contributed by atoms with Crippen LogP contribution in [-0.4, -0.2) is 35.5 Å². The van der Waals surface area contributed by atoms with E-state index in [9.17, 15) is 23.1 Å². The van der Waals surface area contributed by atoms with Gasteiger partial charge in [0, 0.05) is 11.3 Å². The summed E-state index contributed by atoms with van der Waals surface area (Å²) < 4.78 is 53.4. The predicted octanol–water partition coefficient (Wildman–Crippen LogP) is 3.08. The van der Waals surface area contributed by atoms with Crippen molar-refractivity contribution in [1.82, 2.24) is 5.32 Å². The second kappa shape index (κ2) is 7.45. The molecule has 1 aliphatic heterocycles. The fraction of sp³-hybridized carbons (Fsp3) is 0.550. The summed E-state index contributed by atoms with van der Waals surface area (Å²) in [4.78, 5) is 12.4. The third-order valence-corrected chi connectivity index (χ3v) is 5.66. The van der Waals surface area contributed by atoms with E-state index < -0.39 is 41.6 Å². The lowest BCUT2D eigenvalue weighted by atomic mass is 9.74. The van der Waals surface area contributed by atoms with Crippen LogP contribution in [0.15, 0.2) is 30.5 Å². The topological polar surface area (TPSA) is 67.8 Å². The minimum Gasteiger partial charge on any atom is -0.399 e. The Morgan fingerprint density at radius 3 is 2.17 bits per heavy atom. The van der Waals surface area contributed by atoms with Gasteiger partial charge in [-0.2, -0.15) is 13.2 Å². The highest BCUT2D eigenvalue weighted by atomic mass is 19.4. The van der Waals surface area contributed by atoms with Gasteiger partial charge in [-0.3, -0.25) is 4.79 Å². The number of amides is 1. The van der Waals surface area contributed by atoms with E-state index in [1.165, 1.54) is 6.07 Å². The third-order valence-electron chi connectivity index (χ3n) is 5.66. The summed E-state index contributed by atoms with van der Waals surface area (Å²) in [6, 6.07) is 3.58. The van der Waals surface area contributed by atoms with Crippen molar-refractivity contribution in [3.63, 3.8) is 0 Å². The highest BCUT2D eigenvalue weighted by Gasteiger charge is 2.61. The number of alkyl halides is 3. The molecule has 1 aliphatic rings. The van der Waals surface area contributed by atoms with Crippen LogP contribution in [-0.2, 0) is 19.7 Å². The molecule has 1 heterocycles. The van der Waals surface area contributed by atoms with Crippen molar-refractivity contribution < 1.29 is 32.4 Å². The maximum Gasteiger partial charge on any atom is 0.495 e. The van der Waals surface area contributed by atoms with E-state index in [4.69, 9.17) is 9.31 Å². The van der Waals surface area contributed by atoms with E-state index in [1.54, 1.807) is 13.8 Å². The fourth-order valence-electron chi connectivity index (χ4n) is 2.85. The lowest BCUT2D eigenvalue weighted by Gasteiger charge is -2.32. The quantitative estimate of drug-likeness (QED) is 0.729. The third kappa shape index (κ3) is 4.08. The van der Waals surface area contributed by atoms with E-state index in [-0.39, 0.29) is 12.1 Å². The maximum atomic E-state index is 13.8. The van der Waals surface area contributed by atoms with Gasteiger partial charge in [-0.05, 0) is 46.5 Å². The van der Waals surface area contributed by atoms with Crippen molar-refractivity contribution >= 4 is 18.5 Å². The van der Waals surface area contributed by atoms with Gasteiger partial charge in [0.15, 0.2) is 0 Å². The van der Waals surface area contributed by atoms with Gasteiger partial charge in [-0.1, -0.05) is 37.3 Å². The number of nitrogens with one attached hydrogen (secondary N) is 1. The van der Waals surface area contributed by atoms with E-state index >= 15 is 0 Å². The van der Waals surface area contributed by atoms with Crippen molar-refractivity contribution in [3.05, 3.63) is 41.6 Å². The first-order valence-electron chi connectivity index (χ1n) is 9.32. The minimum atomic E-state index is -5.26. The summed E-state index contributed by atoms with van der Waals surface area (Å²) in [5, 5.41) is 12.6. The van der Waals surface area contributed by atoms with Crippen LogP contribution in [0.2, 0.25) is 0 Å². The summed E-state index contributed by atoms with van der Waals surface area (Å²) in [7, 11) is -0.939. The number of benzene rings is 1. The molecule has 0 bridgehead atoms. The Morgan fingerprint density at radius 1 is 1.21 bits per heavy atom. The molecular formula is C20H27BF3NO4. The number of hydrogen-bond donors (Lipinski definition) is 2. The van der Waals surface area contributed by atoms with Gasteiger partial charge in [-0.15, -0.1) is 0 Å². The molecule has 0 radical (unpaired) electrons. The second-order valence-electron chi connectivity index (χ2n) is 8.28. The number of halogens is 3. The number of carbonyl (C=O) groups is 1. The van der Waals surface area contributed by atoms with Gasteiger partial charge in [-0.25, -0.2) is 0 Å². The molecule has 0 aliphatic carbocycles. The molecule has 1 amide bonds. The molecule has 2 N–H and O–H groups in total. The van der Waals surface area contributed by atoms with Crippen molar-refractivity contribution in [1.29, 1.82) is 0 Å². The molecule has 1 aromatic rings. The SMILES string of the molecule is C=C(CC)NC(=O)C(O)(c1ccc(C)c(B2OC(C)(C)C(C)(C)O2)c1)C(F)(F)F. The average molecular weight is 413 g/mol. The number of carbonyl (C=O) groups excluding carboxylic acids is 1. The molecule has 2 rings (SSSR count). The summed E-state index contributed by atoms with van der Waals surface area (Å²) in [6.45, 7) is 14.1. The highest BCUT2D eigenvalue weighted by Crippen LogP contribution is 2.40.